The van der Waals surface area contributed by atoms with E-state index in [9.17, 15) is 22.8 Å². The summed E-state index contributed by atoms with van der Waals surface area (Å²) in [6.45, 7) is -0.586. The number of methoxy groups -OCH3 is 1. The molecule has 9 heteroatoms. The molecule has 5 nitrogen and oxygen atoms in total. The Hall–Kier alpha value is -3.10. The second kappa shape index (κ2) is 8.56. The molecule has 2 aromatic carbocycles. The number of ether oxygens (including phenoxy) is 1. The van der Waals surface area contributed by atoms with Crippen molar-refractivity contribution in [3.05, 3.63) is 70.4 Å². The third kappa shape index (κ3) is 4.22. The van der Waals surface area contributed by atoms with E-state index in [0.717, 1.165) is 4.57 Å². The number of ketones is 1. The fourth-order valence-corrected chi connectivity index (χ4v) is 3.74. The van der Waals surface area contributed by atoms with E-state index in [4.69, 9.17) is 22.1 Å². The van der Waals surface area contributed by atoms with Crippen LogP contribution in [0.4, 0.5) is 13.2 Å². The van der Waals surface area contributed by atoms with Gasteiger partial charge in [-0.05, 0) is 23.3 Å². The number of nitrogens with two attached hydrogens (primary N) is 1. The van der Waals surface area contributed by atoms with Crippen molar-refractivity contribution in [2.24, 2.45) is 12.8 Å². The minimum atomic E-state index is -4.99. The monoisotopic (exact) mass is 450 g/mol. The van der Waals surface area contributed by atoms with Gasteiger partial charge in [0.2, 0.25) is 5.78 Å². The molecule has 0 spiro atoms. The van der Waals surface area contributed by atoms with Crippen molar-refractivity contribution in [2.45, 2.75) is 6.18 Å². The molecule has 3 rings (SSSR count). The molecule has 0 bridgehead atoms. The lowest BCUT2D eigenvalue weighted by Gasteiger charge is -2.13. The molecular weight excluding hydrogens is 433 g/mol. The number of carbonyl (C=O) groups excluding carboxylic acids is 2. The number of amides is 1. The molecule has 31 heavy (non-hydrogen) atoms. The molecule has 0 saturated heterocycles. The quantitative estimate of drug-likeness (QED) is 0.539. The van der Waals surface area contributed by atoms with Crippen LogP contribution in [-0.2, 0) is 18.0 Å². The summed E-state index contributed by atoms with van der Waals surface area (Å²) in [7, 11) is 2.48. The number of alkyl halides is 3. The molecule has 0 aliphatic carbocycles. The highest BCUT2D eigenvalue weighted by Crippen LogP contribution is 2.43. The summed E-state index contributed by atoms with van der Waals surface area (Å²) < 4.78 is 47.8. The Balaban J connectivity index is 2.42. The van der Waals surface area contributed by atoms with Gasteiger partial charge in [-0.25, -0.2) is 0 Å². The number of benzene rings is 2. The lowest BCUT2D eigenvalue weighted by atomic mass is 9.94. The predicted octanol–water partition coefficient (Wildman–Crippen LogP) is 4.96. The molecule has 0 saturated carbocycles. The van der Waals surface area contributed by atoms with Crippen LogP contribution in [0.3, 0.4) is 0 Å². The maximum atomic E-state index is 14.0. The average molecular weight is 451 g/mol. The Kier molecular flexibility index (Phi) is 6.24. The molecule has 0 fully saturated rings. The van der Waals surface area contributed by atoms with Gasteiger partial charge in [-0.2, -0.15) is 13.2 Å². The van der Waals surface area contributed by atoms with Crippen molar-refractivity contribution >= 4 is 23.3 Å². The van der Waals surface area contributed by atoms with Crippen molar-refractivity contribution in [2.75, 3.05) is 13.7 Å². The van der Waals surface area contributed by atoms with E-state index in [1.54, 1.807) is 48.5 Å². The number of aromatic nitrogens is 1. The normalized spacial score (nSPS) is 11.5. The Morgan fingerprint density at radius 3 is 2.16 bits per heavy atom. The molecule has 1 amide bonds. The van der Waals surface area contributed by atoms with E-state index in [-0.39, 0.29) is 5.69 Å². The molecule has 0 radical (unpaired) electrons. The van der Waals surface area contributed by atoms with Crippen molar-refractivity contribution < 1.29 is 27.5 Å². The molecule has 0 atom stereocenters. The van der Waals surface area contributed by atoms with Gasteiger partial charge in [0, 0.05) is 24.7 Å². The van der Waals surface area contributed by atoms with Crippen LogP contribution in [0.25, 0.3) is 22.4 Å². The Morgan fingerprint density at radius 2 is 1.65 bits per heavy atom. The molecule has 1 aromatic heterocycles. The zero-order valence-electron chi connectivity index (χ0n) is 16.6. The number of Topliss-reactive ketones (excluding diaryl/α,β-unsaturated/α-hetero) is 1. The molecule has 0 aliphatic rings. The smallest absolute Gasteiger partial charge is 0.376 e. The highest BCUT2D eigenvalue weighted by Gasteiger charge is 2.44. The highest BCUT2D eigenvalue weighted by atomic mass is 35.5. The maximum absolute atomic E-state index is 14.0. The van der Waals surface area contributed by atoms with Crippen LogP contribution in [0.1, 0.15) is 26.4 Å². The van der Waals surface area contributed by atoms with Crippen LogP contribution >= 0.6 is 11.6 Å². The molecule has 3 aromatic rings. The highest BCUT2D eigenvalue weighted by molar-refractivity contribution is 6.30. The second-order valence-corrected chi connectivity index (χ2v) is 7.21. The van der Waals surface area contributed by atoms with Crippen LogP contribution in [0, 0.1) is 0 Å². The number of rotatable bonds is 6. The number of hydrogen-bond acceptors (Lipinski definition) is 3. The van der Waals surface area contributed by atoms with E-state index in [2.05, 4.69) is 0 Å². The van der Waals surface area contributed by atoms with E-state index in [1.165, 1.54) is 14.2 Å². The summed E-state index contributed by atoms with van der Waals surface area (Å²) in [4.78, 5) is 24.8. The third-order valence-electron chi connectivity index (χ3n) is 4.80. The van der Waals surface area contributed by atoms with Gasteiger partial charge in [0.1, 0.15) is 12.3 Å². The van der Waals surface area contributed by atoms with E-state index < -0.39 is 41.3 Å². The number of nitrogens with zero attached hydrogens (tertiary/aromatic N) is 1. The molecular formula is C22H18ClF3N2O3. The van der Waals surface area contributed by atoms with Crippen molar-refractivity contribution in [1.29, 1.82) is 0 Å². The fraction of sp³-hybridized carbons (Fsp3) is 0.182. The minimum Gasteiger partial charge on any atom is -0.376 e. The lowest BCUT2D eigenvalue weighted by molar-refractivity contribution is -0.138. The van der Waals surface area contributed by atoms with Crippen LogP contribution < -0.4 is 5.73 Å². The first-order chi connectivity index (χ1) is 14.6. The lowest BCUT2D eigenvalue weighted by Crippen LogP contribution is -2.21. The summed E-state index contributed by atoms with van der Waals surface area (Å²) in [6, 6.07) is 13.3. The fourth-order valence-electron chi connectivity index (χ4n) is 3.61. The zero-order valence-corrected chi connectivity index (χ0v) is 17.3. The first-order valence-electron chi connectivity index (χ1n) is 9.05. The summed E-state index contributed by atoms with van der Waals surface area (Å²) >= 11 is 5.95. The Bertz CT molecular complexity index is 1150. The number of halogens is 4. The predicted molar refractivity (Wildman–Crippen MR) is 111 cm³/mol. The van der Waals surface area contributed by atoms with Crippen molar-refractivity contribution in [3.63, 3.8) is 0 Å². The number of primary amides is 1. The van der Waals surface area contributed by atoms with Gasteiger partial charge in [0.25, 0.3) is 5.91 Å². The molecule has 2 N–H and O–H groups in total. The number of carbonyl (C=O) groups is 2. The van der Waals surface area contributed by atoms with Crippen LogP contribution in [0.5, 0.6) is 0 Å². The van der Waals surface area contributed by atoms with E-state index in [1.807, 2.05) is 0 Å². The first-order valence-corrected chi connectivity index (χ1v) is 9.42. The molecule has 162 valence electrons. The van der Waals surface area contributed by atoms with Gasteiger partial charge >= 0.3 is 6.18 Å². The average Bonchev–Trinajstić information content (AvgIpc) is 3.02. The van der Waals surface area contributed by atoms with Crippen LogP contribution in [-0.4, -0.2) is 30.0 Å². The van der Waals surface area contributed by atoms with E-state index in [0.29, 0.717) is 21.7 Å². The summed E-state index contributed by atoms with van der Waals surface area (Å²) in [5.41, 5.74) is 3.98. The van der Waals surface area contributed by atoms with Crippen LogP contribution in [0.15, 0.2) is 48.5 Å². The van der Waals surface area contributed by atoms with Gasteiger partial charge < -0.3 is 15.0 Å². The van der Waals surface area contributed by atoms with E-state index >= 15 is 0 Å². The van der Waals surface area contributed by atoms with Gasteiger partial charge in [-0.3, -0.25) is 9.59 Å². The zero-order chi connectivity index (χ0) is 22.9. The van der Waals surface area contributed by atoms with Crippen molar-refractivity contribution in [3.8, 4) is 22.4 Å². The first kappa shape index (κ1) is 22.6. The van der Waals surface area contributed by atoms with Gasteiger partial charge in [0.05, 0.1) is 16.8 Å². The SMILES string of the molecule is COCC(=O)c1c(C(F)(F)F)c(C(N)=O)c(-c2ccccc2-c2ccc(Cl)cc2)n1C. The molecule has 1 heterocycles. The standard InChI is InChI=1S/C22H18ClF3N2O3/c1-28-19(15-6-4-3-5-14(15)12-7-9-13(23)10-8-12)17(21(27)30)18(22(24,25)26)20(28)16(29)11-31-2/h3-10H,11H2,1-2H3,(H2,27,30). The minimum absolute atomic E-state index is 0.107. The summed E-state index contributed by atoms with van der Waals surface area (Å²) in [5.74, 6) is -2.21. The Labute approximate surface area is 181 Å². The topological polar surface area (TPSA) is 74.3 Å². The largest absolute Gasteiger partial charge is 0.419 e. The molecule has 0 aliphatic heterocycles. The van der Waals surface area contributed by atoms with Crippen LogP contribution in [0.2, 0.25) is 5.02 Å². The van der Waals surface area contributed by atoms with Gasteiger partial charge in [0.15, 0.2) is 0 Å². The summed E-state index contributed by atoms with van der Waals surface area (Å²) in [5, 5.41) is 0.490. The second-order valence-electron chi connectivity index (χ2n) is 6.78. The van der Waals surface area contributed by atoms with Gasteiger partial charge in [-0.15, -0.1) is 0 Å². The van der Waals surface area contributed by atoms with Gasteiger partial charge in [-0.1, -0.05) is 48.0 Å². The van der Waals surface area contributed by atoms with Crippen molar-refractivity contribution in [1.82, 2.24) is 4.57 Å². The molecule has 0 unspecified atom stereocenters. The summed E-state index contributed by atoms with van der Waals surface area (Å²) in [6.07, 6.45) is -4.99. The maximum Gasteiger partial charge on any atom is 0.419 e. The third-order valence-corrected chi connectivity index (χ3v) is 5.05. The number of hydrogen-bond donors (Lipinski definition) is 1. The Morgan fingerprint density at radius 1 is 1.06 bits per heavy atom.